The van der Waals surface area contributed by atoms with Gasteiger partial charge < -0.3 is 9.47 Å². The first-order chi connectivity index (χ1) is 10.8. The van der Waals surface area contributed by atoms with Crippen molar-refractivity contribution in [3.63, 3.8) is 0 Å². The van der Waals surface area contributed by atoms with Gasteiger partial charge in [0.05, 0.1) is 15.7 Å². The lowest BCUT2D eigenvalue weighted by atomic mass is 10.2. The molecule has 0 aliphatic carbocycles. The van der Waals surface area contributed by atoms with Crippen LogP contribution in [0.15, 0.2) is 47.5 Å². The lowest BCUT2D eigenvalue weighted by Gasteiger charge is -2.14. The molecule has 114 valence electrons. The van der Waals surface area contributed by atoms with Gasteiger partial charge in [0.1, 0.15) is 6.61 Å². The average Bonchev–Trinajstić information content (AvgIpc) is 3.08. The smallest absolute Gasteiger partial charge is 0.174 e. The normalized spacial score (nSPS) is 13.8. The first-order valence-corrected chi connectivity index (χ1v) is 9.06. The second kappa shape index (κ2) is 7.37. The molecule has 0 N–H and O–H groups in total. The summed E-state index contributed by atoms with van der Waals surface area (Å²) >= 11 is 4.08. The molecule has 2 aromatic rings. The Morgan fingerprint density at radius 1 is 1.23 bits per heavy atom. The maximum absolute atomic E-state index is 5.98. The zero-order valence-corrected chi connectivity index (χ0v) is 15.2. The fourth-order valence-corrected chi connectivity index (χ4v) is 3.82. The van der Waals surface area contributed by atoms with Crippen LogP contribution in [0, 0.1) is 3.57 Å². The van der Waals surface area contributed by atoms with E-state index in [4.69, 9.17) is 9.47 Å². The highest BCUT2D eigenvalue weighted by molar-refractivity contribution is 14.1. The summed E-state index contributed by atoms with van der Waals surface area (Å²) < 4.78 is 12.5. The largest absolute Gasteiger partial charge is 0.493 e. The van der Waals surface area contributed by atoms with Crippen LogP contribution in [-0.4, -0.2) is 24.5 Å². The van der Waals surface area contributed by atoms with Crippen LogP contribution in [-0.2, 0) is 6.61 Å². The van der Waals surface area contributed by atoms with Gasteiger partial charge in [-0.05, 0) is 40.3 Å². The summed E-state index contributed by atoms with van der Waals surface area (Å²) in [7, 11) is 1.67. The number of aliphatic imine (C=N–C) groups is 1. The SMILES string of the molecule is COc1cc(C2=NCCS2)cc(I)c1OCc1ccccc1. The number of benzene rings is 2. The first kappa shape index (κ1) is 15.7. The van der Waals surface area contributed by atoms with E-state index in [2.05, 4.69) is 45.8 Å². The topological polar surface area (TPSA) is 30.8 Å². The standard InChI is InChI=1S/C17H16INO2S/c1-20-15-10-13(17-19-7-8-22-17)9-14(18)16(15)21-11-12-5-3-2-4-6-12/h2-6,9-10H,7-8,11H2,1H3. The van der Waals surface area contributed by atoms with Crippen LogP contribution in [0.25, 0.3) is 0 Å². The molecule has 0 fully saturated rings. The quantitative estimate of drug-likeness (QED) is 0.667. The van der Waals surface area contributed by atoms with E-state index < -0.39 is 0 Å². The molecule has 3 rings (SSSR count). The minimum Gasteiger partial charge on any atom is -0.493 e. The molecule has 2 aromatic carbocycles. The molecule has 0 spiro atoms. The molecular weight excluding hydrogens is 409 g/mol. The lowest BCUT2D eigenvalue weighted by Crippen LogP contribution is -2.02. The van der Waals surface area contributed by atoms with Gasteiger partial charge in [0, 0.05) is 17.9 Å². The number of ether oxygens (including phenoxy) is 2. The number of hydrogen-bond donors (Lipinski definition) is 0. The van der Waals surface area contributed by atoms with Gasteiger partial charge in [-0.15, -0.1) is 11.8 Å². The van der Waals surface area contributed by atoms with Gasteiger partial charge >= 0.3 is 0 Å². The van der Waals surface area contributed by atoms with Crippen molar-refractivity contribution in [1.29, 1.82) is 0 Å². The van der Waals surface area contributed by atoms with Crippen LogP contribution in [0.4, 0.5) is 0 Å². The van der Waals surface area contributed by atoms with Crippen molar-refractivity contribution >= 4 is 39.4 Å². The second-order valence-corrected chi connectivity index (χ2v) is 7.04. The zero-order chi connectivity index (χ0) is 15.4. The molecular formula is C17H16INO2S. The monoisotopic (exact) mass is 425 g/mol. The number of hydrogen-bond acceptors (Lipinski definition) is 4. The Morgan fingerprint density at radius 2 is 2.05 bits per heavy atom. The fraction of sp³-hybridized carbons (Fsp3) is 0.235. The van der Waals surface area contributed by atoms with Gasteiger partial charge in [-0.3, -0.25) is 4.99 Å². The van der Waals surface area contributed by atoms with Crippen molar-refractivity contribution < 1.29 is 9.47 Å². The molecule has 5 heteroatoms. The van der Waals surface area contributed by atoms with Gasteiger partial charge in [-0.2, -0.15) is 0 Å². The number of thioether (sulfide) groups is 1. The minimum absolute atomic E-state index is 0.530. The summed E-state index contributed by atoms with van der Waals surface area (Å²) in [6, 6.07) is 14.3. The van der Waals surface area contributed by atoms with Crippen molar-refractivity contribution in [3.05, 3.63) is 57.2 Å². The van der Waals surface area contributed by atoms with Crippen molar-refractivity contribution in [2.75, 3.05) is 19.4 Å². The first-order valence-electron chi connectivity index (χ1n) is 7.00. The Bertz CT molecular complexity index is 689. The van der Waals surface area contributed by atoms with E-state index in [0.29, 0.717) is 6.61 Å². The number of methoxy groups -OCH3 is 1. The molecule has 0 atom stereocenters. The molecule has 3 nitrogen and oxygen atoms in total. The molecule has 0 radical (unpaired) electrons. The van der Waals surface area contributed by atoms with Crippen LogP contribution in [0.1, 0.15) is 11.1 Å². The van der Waals surface area contributed by atoms with E-state index in [1.54, 1.807) is 18.9 Å². The summed E-state index contributed by atoms with van der Waals surface area (Å²) in [6.07, 6.45) is 0. The molecule has 1 heterocycles. The van der Waals surface area contributed by atoms with E-state index >= 15 is 0 Å². The molecule has 1 aliphatic heterocycles. The lowest BCUT2D eigenvalue weighted by molar-refractivity contribution is 0.282. The summed E-state index contributed by atoms with van der Waals surface area (Å²) in [4.78, 5) is 4.53. The van der Waals surface area contributed by atoms with Crippen LogP contribution in [0.5, 0.6) is 11.5 Å². The van der Waals surface area contributed by atoms with Crippen molar-refractivity contribution in [2.24, 2.45) is 4.99 Å². The van der Waals surface area contributed by atoms with Gasteiger partial charge in [-0.1, -0.05) is 30.3 Å². The average molecular weight is 425 g/mol. The molecule has 0 saturated carbocycles. The molecule has 0 bridgehead atoms. The summed E-state index contributed by atoms with van der Waals surface area (Å²) in [6.45, 7) is 1.42. The Hall–Kier alpha value is -1.21. The molecule has 0 amide bonds. The van der Waals surface area contributed by atoms with Crippen LogP contribution in [0.2, 0.25) is 0 Å². The predicted octanol–water partition coefficient (Wildman–Crippen LogP) is 4.37. The number of halogens is 1. The molecule has 0 unspecified atom stereocenters. The summed E-state index contributed by atoms with van der Waals surface area (Å²) in [5.74, 6) is 2.60. The van der Waals surface area contributed by atoms with Gasteiger partial charge in [0.2, 0.25) is 0 Å². The third kappa shape index (κ3) is 3.57. The predicted molar refractivity (Wildman–Crippen MR) is 100 cm³/mol. The Labute approximate surface area is 148 Å². The van der Waals surface area contributed by atoms with E-state index in [9.17, 15) is 0 Å². The molecule has 22 heavy (non-hydrogen) atoms. The van der Waals surface area contributed by atoms with Gasteiger partial charge in [0.15, 0.2) is 11.5 Å². The van der Waals surface area contributed by atoms with E-state index in [0.717, 1.165) is 43.5 Å². The van der Waals surface area contributed by atoms with Crippen molar-refractivity contribution in [3.8, 4) is 11.5 Å². The summed E-state index contributed by atoms with van der Waals surface area (Å²) in [5, 5.41) is 1.09. The van der Waals surface area contributed by atoms with Crippen LogP contribution < -0.4 is 9.47 Å². The maximum Gasteiger partial charge on any atom is 0.174 e. The van der Waals surface area contributed by atoms with E-state index in [1.807, 2.05) is 24.3 Å². The fourth-order valence-electron chi connectivity index (χ4n) is 2.22. The van der Waals surface area contributed by atoms with E-state index in [-0.39, 0.29) is 0 Å². The minimum atomic E-state index is 0.530. The second-order valence-electron chi connectivity index (χ2n) is 4.80. The molecule has 0 aromatic heterocycles. The van der Waals surface area contributed by atoms with E-state index in [1.165, 1.54) is 0 Å². The number of nitrogens with zero attached hydrogens (tertiary/aromatic N) is 1. The zero-order valence-electron chi connectivity index (χ0n) is 12.2. The van der Waals surface area contributed by atoms with Crippen molar-refractivity contribution in [1.82, 2.24) is 0 Å². The highest BCUT2D eigenvalue weighted by Crippen LogP contribution is 2.36. The van der Waals surface area contributed by atoms with Crippen molar-refractivity contribution in [2.45, 2.75) is 6.61 Å². The maximum atomic E-state index is 5.98. The summed E-state index contributed by atoms with van der Waals surface area (Å²) in [5.41, 5.74) is 2.25. The van der Waals surface area contributed by atoms with Crippen LogP contribution in [0.3, 0.4) is 0 Å². The molecule has 1 aliphatic rings. The third-order valence-electron chi connectivity index (χ3n) is 3.29. The van der Waals surface area contributed by atoms with Crippen LogP contribution >= 0.6 is 34.4 Å². The van der Waals surface area contributed by atoms with Gasteiger partial charge in [-0.25, -0.2) is 0 Å². The third-order valence-corrected chi connectivity index (χ3v) is 5.11. The Kier molecular flexibility index (Phi) is 5.25. The highest BCUT2D eigenvalue weighted by Gasteiger charge is 2.16. The number of rotatable bonds is 5. The van der Waals surface area contributed by atoms with Gasteiger partial charge in [0.25, 0.3) is 0 Å². The highest BCUT2D eigenvalue weighted by atomic mass is 127. The molecule has 0 saturated heterocycles. The Balaban J connectivity index is 1.84. The Morgan fingerprint density at radius 3 is 2.73 bits per heavy atom.